The predicted octanol–water partition coefficient (Wildman–Crippen LogP) is 5.63. The van der Waals surface area contributed by atoms with Crippen molar-refractivity contribution < 1.29 is 37.0 Å². The maximum absolute atomic E-state index is 15.3. The van der Waals surface area contributed by atoms with Gasteiger partial charge in [-0.3, -0.25) is 9.78 Å². The third-order valence-corrected chi connectivity index (χ3v) is 8.37. The lowest BCUT2D eigenvalue weighted by Gasteiger charge is -2.44. The first-order chi connectivity index (χ1) is 22.4. The Hall–Kier alpha value is -4.00. The Labute approximate surface area is 272 Å². The molecule has 0 saturated carbocycles. The molecule has 5 rings (SSSR count). The van der Waals surface area contributed by atoms with Crippen molar-refractivity contribution in [2.75, 3.05) is 31.6 Å². The fourth-order valence-corrected chi connectivity index (χ4v) is 6.09. The van der Waals surface area contributed by atoms with Crippen molar-refractivity contribution >= 4 is 17.7 Å². The molecule has 1 aromatic heterocycles. The third kappa shape index (κ3) is 9.09. The van der Waals surface area contributed by atoms with Gasteiger partial charge >= 0.3 is 6.09 Å². The first-order valence-electron chi connectivity index (χ1n) is 15.8. The van der Waals surface area contributed by atoms with Crippen LogP contribution in [0.5, 0.6) is 0 Å². The molecular weight excluding hydrogens is 613 g/mol. The zero-order chi connectivity index (χ0) is 33.6. The van der Waals surface area contributed by atoms with Gasteiger partial charge in [-0.1, -0.05) is 24.3 Å². The number of nitrogens with zero attached hydrogens (tertiary/aromatic N) is 1. The van der Waals surface area contributed by atoms with Gasteiger partial charge in [0.25, 0.3) is 0 Å². The van der Waals surface area contributed by atoms with E-state index in [0.717, 1.165) is 25.6 Å². The molecule has 2 aliphatic rings. The van der Waals surface area contributed by atoms with Crippen LogP contribution in [-0.2, 0) is 25.4 Å². The van der Waals surface area contributed by atoms with Crippen LogP contribution in [0.2, 0.25) is 0 Å². The standard InChI is InChI=1S/C35H41F3N4O5/c1-34(2,3)47-33(44)42-31(30(22-4-8-24(36)9-5-22)23-6-10-25(37)11-7-23)32(43)41-29-20-39-19-28(38)27(29)13-12-26-18-40-21-35(46-26)14-16-45-17-15-35/h4-11,19-20,26,30-31,40H,12-18,21H2,1-3H3,(H,41,43)(H,42,44)/t26?,31-/m0/s1. The Balaban J connectivity index is 1.43. The van der Waals surface area contributed by atoms with Gasteiger partial charge in [-0.05, 0) is 69.0 Å². The van der Waals surface area contributed by atoms with Gasteiger partial charge in [-0.2, -0.15) is 0 Å². The Morgan fingerprint density at radius 3 is 2.21 bits per heavy atom. The number of pyridine rings is 1. The number of rotatable bonds is 9. The summed E-state index contributed by atoms with van der Waals surface area (Å²) < 4.78 is 60.7. The van der Waals surface area contributed by atoms with Crippen LogP contribution in [0, 0.1) is 17.5 Å². The van der Waals surface area contributed by atoms with E-state index in [4.69, 9.17) is 14.2 Å². The number of morpholine rings is 1. The molecule has 2 aliphatic heterocycles. The fraction of sp³-hybridized carbons (Fsp3) is 0.457. The van der Waals surface area contributed by atoms with Gasteiger partial charge in [0.15, 0.2) is 0 Å². The maximum Gasteiger partial charge on any atom is 0.408 e. The van der Waals surface area contributed by atoms with Crippen molar-refractivity contribution in [3.05, 3.63) is 95.1 Å². The molecule has 2 amide bonds. The number of ether oxygens (including phenoxy) is 3. The molecule has 2 atom stereocenters. The molecular formula is C35H41F3N4O5. The first kappa shape index (κ1) is 34.3. The van der Waals surface area contributed by atoms with E-state index >= 15 is 4.39 Å². The third-order valence-electron chi connectivity index (χ3n) is 8.37. The number of hydrogen-bond donors (Lipinski definition) is 3. The molecule has 2 aromatic carbocycles. The molecule has 0 radical (unpaired) electrons. The Bertz CT molecular complexity index is 1470. The second-order valence-corrected chi connectivity index (χ2v) is 13.0. The summed E-state index contributed by atoms with van der Waals surface area (Å²) in [6.45, 7) is 7.62. The number of aromatic nitrogens is 1. The van der Waals surface area contributed by atoms with E-state index in [-0.39, 0.29) is 29.4 Å². The van der Waals surface area contributed by atoms with E-state index in [1.54, 1.807) is 20.8 Å². The van der Waals surface area contributed by atoms with Gasteiger partial charge in [0.05, 0.1) is 29.8 Å². The second-order valence-electron chi connectivity index (χ2n) is 13.0. The van der Waals surface area contributed by atoms with Crippen LogP contribution in [-0.4, -0.2) is 66.6 Å². The number of carbonyl (C=O) groups excluding carboxylic acids is 2. The average Bonchev–Trinajstić information content (AvgIpc) is 3.02. The monoisotopic (exact) mass is 654 g/mol. The molecule has 1 spiro atoms. The minimum Gasteiger partial charge on any atom is -0.444 e. The SMILES string of the molecule is CC(C)(C)OC(=O)N[C@H](C(=O)Nc1cncc(F)c1CCC1CNCC2(CCOCC2)O1)C(c1ccc(F)cc1)c1ccc(F)cc1. The van der Waals surface area contributed by atoms with E-state index in [1.807, 2.05) is 0 Å². The Morgan fingerprint density at radius 1 is 1.00 bits per heavy atom. The lowest BCUT2D eigenvalue weighted by Crippen LogP contribution is -2.56. The molecule has 2 fully saturated rings. The molecule has 12 heteroatoms. The molecule has 47 heavy (non-hydrogen) atoms. The van der Waals surface area contributed by atoms with Crippen molar-refractivity contribution in [3.8, 4) is 0 Å². The average molecular weight is 655 g/mol. The predicted molar refractivity (Wildman–Crippen MR) is 169 cm³/mol. The van der Waals surface area contributed by atoms with Crippen molar-refractivity contribution in [1.29, 1.82) is 0 Å². The number of halogens is 3. The van der Waals surface area contributed by atoms with Gasteiger partial charge in [0.2, 0.25) is 5.91 Å². The number of nitrogens with one attached hydrogen (secondary N) is 3. The van der Waals surface area contributed by atoms with E-state index in [1.165, 1.54) is 54.7 Å². The van der Waals surface area contributed by atoms with Crippen molar-refractivity contribution in [3.63, 3.8) is 0 Å². The highest BCUT2D eigenvalue weighted by Gasteiger charge is 2.39. The summed E-state index contributed by atoms with van der Waals surface area (Å²) in [6, 6.07) is 9.52. The van der Waals surface area contributed by atoms with Crippen LogP contribution >= 0.6 is 0 Å². The molecule has 2 saturated heterocycles. The number of anilines is 1. The second kappa shape index (κ2) is 14.8. The zero-order valence-electron chi connectivity index (χ0n) is 26.8. The molecule has 3 N–H and O–H groups in total. The zero-order valence-corrected chi connectivity index (χ0v) is 26.8. The van der Waals surface area contributed by atoms with Crippen LogP contribution in [0.4, 0.5) is 23.7 Å². The molecule has 1 unspecified atom stereocenters. The van der Waals surface area contributed by atoms with E-state index in [2.05, 4.69) is 20.9 Å². The minimum atomic E-state index is -1.35. The first-order valence-corrected chi connectivity index (χ1v) is 15.8. The topological polar surface area (TPSA) is 111 Å². The fourth-order valence-electron chi connectivity index (χ4n) is 6.09. The van der Waals surface area contributed by atoms with Gasteiger partial charge in [0.1, 0.15) is 29.1 Å². The van der Waals surface area contributed by atoms with Crippen LogP contribution in [0.15, 0.2) is 60.9 Å². The molecule has 0 bridgehead atoms. The lowest BCUT2D eigenvalue weighted by atomic mass is 9.84. The quantitative estimate of drug-likeness (QED) is 0.274. The number of benzene rings is 2. The molecule has 0 aliphatic carbocycles. The van der Waals surface area contributed by atoms with Gasteiger partial charge < -0.3 is 30.2 Å². The van der Waals surface area contributed by atoms with Crippen molar-refractivity contribution in [2.24, 2.45) is 0 Å². The number of amides is 2. The van der Waals surface area contributed by atoms with Crippen molar-refractivity contribution in [1.82, 2.24) is 15.6 Å². The van der Waals surface area contributed by atoms with Crippen LogP contribution < -0.4 is 16.0 Å². The minimum absolute atomic E-state index is 0.132. The van der Waals surface area contributed by atoms with Crippen LogP contribution in [0.3, 0.4) is 0 Å². The molecule has 3 aromatic rings. The summed E-state index contributed by atoms with van der Waals surface area (Å²) in [6.07, 6.45) is 3.65. The normalized spacial score (nSPS) is 18.5. The van der Waals surface area contributed by atoms with Crippen LogP contribution in [0.1, 0.15) is 62.6 Å². The molecule has 252 valence electrons. The van der Waals surface area contributed by atoms with Crippen LogP contribution in [0.25, 0.3) is 0 Å². The number of carbonyl (C=O) groups is 2. The van der Waals surface area contributed by atoms with Gasteiger partial charge in [-0.25, -0.2) is 18.0 Å². The van der Waals surface area contributed by atoms with Gasteiger partial charge in [0, 0.05) is 50.6 Å². The summed E-state index contributed by atoms with van der Waals surface area (Å²) in [5.41, 5.74) is 0.107. The highest BCUT2D eigenvalue weighted by Crippen LogP contribution is 2.32. The van der Waals surface area contributed by atoms with E-state index < -0.39 is 47.0 Å². The van der Waals surface area contributed by atoms with E-state index in [9.17, 15) is 18.4 Å². The lowest BCUT2D eigenvalue weighted by molar-refractivity contribution is -0.160. The maximum atomic E-state index is 15.3. The summed E-state index contributed by atoms with van der Waals surface area (Å²) >= 11 is 0. The Morgan fingerprint density at radius 2 is 1.62 bits per heavy atom. The number of hydrogen-bond acceptors (Lipinski definition) is 7. The highest BCUT2D eigenvalue weighted by atomic mass is 19.1. The van der Waals surface area contributed by atoms with Crippen molar-refractivity contribution in [2.45, 2.75) is 75.7 Å². The summed E-state index contributed by atoms with van der Waals surface area (Å²) in [7, 11) is 0. The molecule has 3 heterocycles. The largest absolute Gasteiger partial charge is 0.444 e. The highest BCUT2D eigenvalue weighted by molar-refractivity contribution is 5.98. The number of alkyl carbamates (subject to hydrolysis) is 1. The summed E-state index contributed by atoms with van der Waals surface area (Å²) in [5.74, 6) is -3.21. The van der Waals surface area contributed by atoms with Gasteiger partial charge in [-0.15, -0.1) is 0 Å². The Kier molecular flexibility index (Phi) is 10.8. The summed E-state index contributed by atoms with van der Waals surface area (Å²) in [4.78, 5) is 31.2. The molecule has 9 nitrogen and oxygen atoms in total. The smallest absolute Gasteiger partial charge is 0.408 e. The summed E-state index contributed by atoms with van der Waals surface area (Å²) in [5, 5.41) is 8.87. The van der Waals surface area contributed by atoms with E-state index in [0.29, 0.717) is 37.3 Å².